The lowest BCUT2D eigenvalue weighted by molar-refractivity contribution is -0.122. The zero-order valence-corrected chi connectivity index (χ0v) is 7.72. The molecule has 5 nitrogen and oxygen atoms in total. The minimum atomic E-state index is -0.985. The van der Waals surface area contributed by atoms with Gasteiger partial charge in [0.1, 0.15) is 0 Å². The van der Waals surface area contributed by atoms with E-state index < -0.39 is 17.8 Å². The number of carbonyl (C=O) groups excluding carboxylic acids is 2. The van der Waals surface area contributed by atoms with E-state index in [9.17, 15) is 14.0 Å². The lowest BCUT2D eigenvalue weighted by Gasteiger charge is -2.14. The predicted octanol–water partition coefficient (Wildman–Crippen LogP) is 0.292. The SMILES string of the molecule is CC(C)=C(F)C(=O)NN(C)C(N)=O. The van der Waals surface area contributed by atoms with Crippen LogP contribution in [0, 0.1) is 0 Å². The van der Waals surface area contributed by atoms with Crippen LogP contribution in [-0.4, -0.2) is 24.0 Å². The van der Waals surface area contributed by atoms with E-state index in [2.05, 4.69) is 0 Å². The highest BCUT2D eigenvalue weighted by atomic mass is 19.1. The number of nitrogens with zero attached hydrogens (tertiary/aromatic N) is 1. The van der Waals surface area contributed by atoms with Crippen LogP contribution in [0.1, 0.15) is 13.8 Å². The molecule has 3 N–H and O–H groups in total. The van der Waals surface area contributed by atoms with Crippen LogP contribution in [0.2, 0.25) is 0 Å². The highest BCUT2D eigenvalue weighted by Gasteiger charge is 2.13. The molecule has 0 heterocycles. The molecule has 0 aliphatic heterocycles. The Morgan fingerprint density at radius 1 is 1.38 bits per heavy atom. The highest BCUT2D eigenvalue weighted by molar-refractivity contribution is 5.92. The summed E-state index contributed by atoms with van der Waals surface area (Å²) in [5.41, 5.74) is 6.97. The van der Waals surface area contributed by atoms with E-state index in [1.165, 1.54) is 20.9 Å². The number of halogens is 1. The molecule has 6 heteroatoms. The summed E-state index contributed by atoms with van der Waals surface area (Å²) in [6, 6.07) is -0.866. The number of allylic oxidation sites excluding steroid dienone is 1. The second kappa shape index (κ2) is 4.44. The number of hydrazine groups is 1. The van der Waals surface area contributed by atoms with Crippen molar-refractivity contribution in [3.63, 3.8) is 0 Å². The average molecular weight is 189 g/mol. The standard InChI is InChI=1S/C7H12FN3O2/c1-4(2)5(8)6(12)10-11(3)7(9)13/h1-3H3,(H2,9,13)(H,10,12). The number of primary amides is 1. The zero-order chi connectivity index (χ0) is 10.6. The molecule has 74 valence electrons. The molecule has 0 unspecified atom stereocenters. The third-order valence-electron chi connectivity index (χ3n) is 1.24. The van der Waals surface area contributed by atoms with Crippen molar-refractivity contribution in [1.82, 2.24) is 10.4 Å². The van der Waals surface area contributed by atoms with E-state index in [0.29, 0.717) is 5.01 Å². The Morgan fingerprint density at radius 3 is 2.15 bits per heavy atom. The number of hydrogen-bond acceptors (Lipinski definition) is 2. The quantitative estimate of drug-likeness (QED) is 0.459. The first kappa shape index (κ1) is 11.4. The molecular weight excluding hydrogens is 177 g/mol. The molecule has 0 saturated heterocycles. The molecular formula is C7H12FN3O2. The topological polar surface area (TPSA) is 75.4 Å². The van der Waals surface area contributed by atoms with Gasteiger partial charge in [-0.15, -0.1) is 0 Å². The maximum Gasteiger partial charge on any atom is 0.333 e. The molecule has 0 atom stereocenters. The lowest BCUT2D eigenvalue weighted by Crippen LogP contribution is -2.46. The van der Waals surface area contributed by atoms with Crippen molar-refractivity contribution in [3.05, 3.63) is 11.4 Å². The molecule has 13 heavy (non-hydrogen) atoms. The summed E-state index contributed by atoms with van der Waals surface area (Å²) in [6.45, 7) is 2.89. The molecule has 3 amide bonds. The van der Waals surface area contributed by atoms with Gasteiger partial charge in [-0.1, -0.05) is 0 Å². The molecule has 0 bridgehead atoms. The van der Waals surface area contributed by atoms with E-state index in [1.54, 1.807) is 0 Å². The summed E-state index contributed by atoms with van der Waals surface area (Å²) in [6.07, 6.45) is 0. The molecule has 0 aliphatic carbocycles. The van der Waals surface area contributed by atoms with Crippen LogP contribution < -0.4 is 11.2 Å². The smallest absolute Gasteiger partial charge is 0.333 e. The number of nitrogens with two attached hydrogens (primary N) is 1. The normalized spacial score (nSPS) is 8.92. The molecule has 0 rings (SSSR count). The van der Waals surface area contributed by atoms with Crippen LogP contribution >= 0.6 is 0 Å². The van der Waals surface area contributed by atoms with Gasteiger partial charge in [0.15, 0.2) is 5.83 Å². The fraction of sp³-hybridized carbons (Fsp3) is 0.429. The summed E-state index contributed by atoms with van der Waals surface area (Å²) in [4.78, 5) is 21.3. The van der Waals surface area contributed by atoms with Crippen LogP contribution in [0.3, 0.4) is 0 Å². The molecule has 0 aromatic rings. The Balaban J connectivity index is 4.33. The summed E-state index contributed by atoms with van der Waals surface area (Å²) < 4.78 is 12.8. The second-order valence-electron chi connectivity index (χ2n) is 2.65. The van der Waals surface area contributed by atoms with Gasteiger partial charge in [0.25, 0.3) is 5.91 Å². The van der Waals surface area contributed by atoms with Gasteiger partial charge in [-0.05, 0) is 19.4 Å². The van der Waals surface area contributed by atoms with E-state index in [-0.39, 0.29) is 5.57 Å². The third kappa shape index (κ3) is 3.55. The first-order valence-corrected chi connectivity index (χ1v) is 3.53. The minimum Gasteiger partial charge on any atom is -0.350 e. The fourth-order valence-corrected chi connectivity index (χ4v) is 0.484. The summed E-state index contributed by atoms with van der Waals surface area (Å²) >= 11 is 0. The second-order valence-corrected chi connectivity index (χ2v) is 2.65. The Kier molecular flexibility index (Phi) is 3.90. The number of rotatable bonds is 1. The lowest BCUT2D eigenvalue weighted by atomic mass is 10.3. The van der Waals surface area contributed by atoms with Crippen molar-refractivity contribution in [2.45, 2.75) is 13.8 Å². The Morgan fingerprint density at radius 2 is 1.85 bits per heavy atom. The van der Waals surface area contributed by atoms with Gasteiger partial charge in [-0.3, -0.25) is 10.2 Å². The van der Waals surface area contributed by atoms with Gasteiger partial charge in [0.2, 0.25) is 0 Å². The zero-order valence-electron chi connectivity index (χ0n) is 7.72. The number of carbonyl (C=O) groups is 2. The first-order valence-electron chi connectivity index (χ1n) is 3.53. The summed E-state index contributed by atoms with van der Waals surface area (Å²) in [5, 5.41) is 0.699. The van der Waals surface area contributed by atoms with Crippen LogP contribution in [-0.2, 0) is 4.79 Å². The number of nitrogens with one attached hydrogen (secondary N) is 1. The molecule has 0 fully saturated rings. The van der Waals surface area contributed by atoms with E-state index in [4.69, 9.17) is 5.73 Å². The van der Waals surface area contributed by atoms with Crippen molar-refractivity contribution in [2.24, 2.45) is 5.73 Å². The van der Waals surface area contributed by atoms with Crippen molar-refractivity contribution in [2.75, 3.05) is 7.05 Å². The van der Waals surface area contributed by atoms with E-state index in [0.717, 1.165) is 0 Å². The minimum absolute atomic E-state index is 0.232. The van der Waals surface area contributed by atoms with Crippen molar-refractivity contribution >= 4 is 11.9 Å². The molecule has 0 aromatic carbocycles. The van der Waals surface area contributed by atoms with Gasteiger partial charge in [-0.2, -0.15) is 0 Å². The summed E-state index contributed by atoms with van der Waals surface area (Å²) in [7, 11) is 1.22. The van der Waals surface area contributed by atoms with Crippen LogP contribution in [0.5, 0.6) is 0 Å². The molecule has 0 aromatic heterocycles. The van der Waals surface area contributed by atoms with Gasteiger partial charge in [0, 0.05) is 7.05 Å². The van der Waals surface area contributed by atoms with Crippen molar-refractivity contribution < 1.29 is 14.0 Å². The summed E-state index contributed by atoms with van der Waals surface area (Å²) in [5.74, 6) is -1.91. The van der Waals surface area contributed by atoms with Gasteiger partial charge < -0.3 is 5.73 Å². The third-order valence-corrected chi connectivity index (χ3v) is 1.24. The fourth-order valence-electron chi connectivity index (χ4n) is 0.484. The Bertz CT molecular complexity index is 258. The maximum absolute atomic E-state index is 12.8. The first-order chi connectivity index (χ1) is 5.86. The number of hydrogen-bond donors (Lipinski definition) is 2. The highest BCUT2D eigenvalue weighted by Crippen LogP contribution is 2.03. The Hall–Kier alpha value is -1.59. The van der Waals surface area contributed by atoms with Crippen molar-refractivity contribution in [1.29, 1.82) is 0 Å². The molecule has 0 saturated carbocycles. The van der Waals surface area contributed by atoms with Gasteiger partial charge in [-0.25, -0.2) is 14.2 Å². The predicted molar refractivity (Wildman–Crippen MR) is 45.0 cm³/mol. The monoisotopic (exact) mass is 189 g/mol. The van der Waals surface area contributed by atoms with Crippen LogP contribution in [0.4, 0.5) is 9.18 Å². The number of urea groups is 1. The average Bonchev–Trinajstić information content (AvgIpc) is 2.02. The maximum atomic E-state index is 12.8. The van der Waals surface area contributed by atoms with Gasteiger partial charge >= 0.3 is 6.03 Å². The molecule has 0 radical (unpaired) electrons. The van der Waals surface area contributed by atoms with Crippen LogP contribution in [0.15, 0.2) is 11.4 Å². The van der Waals surface area contributed by atoms with Crippen molar-refractivity contribution in [3.8, 4) is 0 Å². The Labute approximate surface area is 75.3 Å². The molecule has 0 spiro atoms. The number of amides is 3. The molecule has 0 aliphatic rings. The largest absolute Gasteiger partial charge is 0.350 e. The van der Waals surface area contributed by atoms with Crippen LogP contribution in [0.25, 0.3) is 0 Å². The van der Waals surface area contributed by atoms with E-state index >= 15 is 0 Å². The van der Waals surface area contributed by atoms with E-state index in [1.807, 2.05) is 5.43 Å². The van der Waals surface area contributed by atoms with Gasteiger partial charge in [0.05, 0.1) is 0 Å².